The average molecular weight is 1260 g/mol. The summed E-state index contributed by atoms with van der Waals surface area (Å²) in [5.41, 5.74) is 32.7. The molecule has 2 aliphatic carbocycles. The highest BCUT2D eigenvalue weighted by Crippen LogP contribution is 2.52. The van der Waals surface area contributed by atoms with Gasteiger partial charge in [0.1, 0.15) is 0 Å². The topological polar surface area (TPSA) is 40.6 Å². The minimum atomic E-state index is -0.152. The second-order valence-corrected chi connectivity index (χ2v) is 28.1. The van der Waals surface area contributed by atoms with Gasteiger partial charge in [-0.1, -0.05) is 246 Å². The molecule has 0 saturated heterocycles. The van der Waals surface area contributed by atoms with Gasteiger partial charge in [0.05, 0.1) is 44.5 Å². The van der Waals surface area contributed by atoms with Gasteiger partial charge in [0, 0.05) is 76.9 Å². The van der Waals surface area contributed by atoms with Gasteiger partial charge in [-0.05, 0) is 181 Å². The highest BCUT2D eigenvalue weighted by molar-refractivity contribution is 6.15. The summed E-state index contributed by atoms with van der Waals surface area (Å²) in [6.07, 6.45) is 0. The van der Waals surface area contributed by atoms with Crippen LogP contribution in [0.5, 0.6) is 0 Å². The minimum Gasteiger partial charge on any atom is -0.309 e. The van der Waals surface area contributed by atoms with E-state index in [1.165, 1.54) is 127 Å². The molecule has 2 aliphatic rings. The van der Waals surface area contributed by atoms with E-state index in [0.29, 0.717) is 5.82 Å². The van der Waals surface area contributed by atoms with Gasteiger partial charge in [-0.15, -0.1) is 0 Å². The maximum atomic E-state index is 5.33. The number of benzene rings is 14. The van der Waals surface area contributed by atoms with Crippen LogP contribution < -0.4 is 0 Å². The van der Waals surface area contributed by atoms with Crippen molar-refractivity contribution < 1.29 is 0 Å². The quantitative estimate of drug-likeness (QED) is 0.144. The lowest BCUT2D eigenvalue weighted by Crippen LogP contribution is -2.15. The van der Waals surface area contributed by atoms with E-state index in [9.17, 15) is 0 Å². The first-order chi connectivity index (χ1) is 48.6. The van der Waals surface area contributed by atoms with Crippen molar-refractivity contribution in [3.05, 3.63) is 344 Å². The molecule has 0 unspecified atom stereocenters. The van der Waals surface area contributed by atoms with Crippen LogP contribution in [0.25, 0.3) is 172 Å². The van der Waals surface area contributed by atoms with Gasteiger partial charge in [-0.25, -0.2) is 9.97 Å². The van der Waals surface area contributed by atoms with E-state index in [1.807, 2.05) is 6.07 Å². The molecule has 466 valence electrons. The molecular formula is C94H65N5. The number of fused-ring (bicyclic) bond motifs is 15. The second-order valence-electron chi connectivity index (χ2n) is 28.1. The predicted molar refractivity (Wildman–Crippen MR) is 413 cm³/mol. The van der Waals surface area contributed by atoms with Crippen LogP contribution in [0, 0.1) is 0 Å². The first-order valence-electron chi connectivity index (χ1n) is 34.4. The van der Waals surface area contributed by atoms with Crippen molar-refractivity contribution >= 4 is 65.4 Å². The maximum absolute atomic E-state index is 5.33. The normalized spacial score (nSPS) is 13.4. The molecule has 0 N–H and O–H groups in total. The zero-order valence-electron chi connectivity index (χ0n) is 55.3. The molecule has 5 heteroatoms. The Morgan fingerprint density at radius 3 is 1.02 bits per heavy atom. The fourth-order valence-electron chi connectivity index (χ4n) is 16.9. The Hall–Kier alpha value is -12.4. The SMILES string of the molecule is CC1(C)c2ccccc2-c2ccc(-n3c4ccccc4c4cc(-c5ccc6c(c5)c5cc(-c7ccc8c(c7)c7ccccc7n8-c7cccc(-c8nc(-c9ccccc9)cc(-c9ccc(-c%10ccccc%10)cc9)n8)c7)ccc5n6-c5ccc6c(c5)C(C)(C)c5ccccc5-6)ccc43)cc21. The lowest BCUT2D eigenvalue weighted by atomic mass is 9.82. The molecule has 4 heterocycles. The Labute approximate surface area is 574 Å². The van der Waals surface area contributed by atoms with E-state index in [-0.39, 0.29) is 10.8 Å². The van der Waals surface area contributed by atoms with Gasteiger partial charge in [0.15, 0.2) is 5.82 Å². The van der Waals surface area contributed by atoms with E-state index in [0.717, 1.165) is 61.6 Å². The predicted octanol–water partition coefficient (Wildman–Crippen LogP) is 24.4. The van der Waals surface area contributed by atoms with Crippen LogP contribution in [0.15, 0.2) is 322 Å². The molecule has 0 saturated carbocycles. The van der Waals surface area contributed by atoms with Crippen molar-refractivity contribution in [3.8, 4) is 107 Å². The third-order valence-electron chi connectivity index (χ3n) is 21.9. The summed E-state index contributed by atoms with van der Waals surface area (Å²) in [6.45, 7) is 9.49. The van der Waals surface area contributed by atoms with Crippen molar-refractivity contribution in [2.75, 3.05) is 0 Å². The monoisotopic (exact) mass is 1260 g/mol. The molecule has 18 aromatic rings. The Morgan fingerprint density at radius 2 is 0.545 bits per heavy atom. The summed E-state index contributed by atoms with van der Waals surface area (Å²) in [4.78, 5) is 10.6. The molecule has 0 atom stereocenters. The van der Waals surface area contributed by atoms with Gasteiger partial charge in [0.25, 0.3) is 0 Å². The molecule has 0 spiro atoms. The van der Waals surface area contributed by atoms with Crippen LogP contribution in [0.2, 0.25) is 0 Å². The van der Waals surface area contributed by atoms with Gasteiger partial charge in [-0.2, -0.15) is 0 Å². The molecule has 0 fully saturated rings. The van der Waals surface area contributed by atoms with Gasteiger partial charge < -0.3 is 13.7 Å². The number of para-hydroxylation sites is 2. The first kappa shape index (κ1) is 56.9. The van der Waals surface area contributed by atoms with Crippen molar-refractivity contribution in [3.63, 3.8) is 0 Å². The fraction of sp³-hybridized carbons (Fsp3) is 0.0638. The van der Waals surface area contributed by atoms with Gasteiger partial charge in [-0.3, -0.25) is 0 Å². The largest absolute Gasteiger partial charge is 0.309 e. The van der Waals surface area contributed by atoms with Crippen LogP contribution in [-0.4, -0.2) is 23.7 Å². The lowest BCUT2D eigenvalue weighted by Gasteiger charge is -2.22. The second kappa shape index (κ2) is 21.5. The molecule has 0 amide bonds. The third kappa shape index (κ3) is 8.73. The lowest BCUT2D eigenvalue weighted by molar-refractivity contribution is 0.660. The summed E-state index contributed by atoms with van der Waals surface area (Å²) < 4.78 is 7.38. The van der Waals surface area contributed by atoms with Crippen molar-refractivity contribution in [1.29, 1.82) is 0 Å². The summed E-state index contributed by atoms with van der Waals surface area (Å²) in [5, 5.41) is 7.27. The zero-order chi connectivity index (χ0) is 65.8. The number of nitrogens with zero attached hydrogens (tertiary/aromatic N) is 5. The molecule has 4 aromatic heterocycles. The molecule has 99 heavy (non-hydrogen) atoms. The number of hydrogen-bond donors (Lipinski definition) is 0. The third-order valence-corrected chi connectivity index (χ3v) is 21.9. The van der Waals surface area contributed by atoms with Crippen molar-refractivity contribution in [2.24, 2.45) is 0 Å². The molecule has 14 aromatic carbocycles. The van der Waals surface area contributed by atoms with Crippen LogP contribution in [-0.2, 0) is 10.8 Å². The van der Waals surface area contributed by atoms with E-state index in [1.54, 1.807) is 0 Å². The molecular weight excluding hydrogens is 1200 g/mol. The van der Waals surface area contributed by atoms with E-state index < -0.39 is 0 Å². The highest BCUT2D eigenvalue weighted by Gasteiger charge is 2.37. The molecule has 0 aliphatic heterocycles. The van der Waals surface area contributed by atoms with Crippen LogP contribution >= 0.6 is 0 Å². The average Bonchev–Trinajstić information content (AvgIpc) is 1.58. The van der Waals surface area contributed by atoms with Crippen LogP contribution in [0.1, 0.15) is 49.9 Å². The highest BCUT2D eigenvalue weighted by atomic mass is 15.0. The Bertz CT molecular complexity index is 6390. The zero-order valence-corrected chi connectivity index (χ0v) is 55.3. The van der Waals surface area contributed by atoms with Crippen LogP contribution in [0.3, 0.4) is 0 Å². The fourth-order valence-corrected chi connectivity index (χ4v) is 16.9. The Balaban J connectivity index is 0.712. The van der Waals surface area contributed by atoms with E-state index in [2.05, 4.69) is 357 Å². The van der Waals surface area contributed by atoms with Crippen LogP contribution in [0.4, 0.5) is 0 Å². The van der Waals surface area contributed by atoms with E-state index in [4.69, 9.17) is 9.97 Å². The molecule has 0 radical (unpaired) electrons. The summed E-state index contributed by atoms with van der Waals surface area (Å²) >= 11 is 0. The van der Waals surface area contributed by atoms with E-state index >= 15 is 0 Å². The first-order valence-corrected chi connectivity index (χ1v) is 34.4. The summed E-state index contributed by atoms with van der Waals surface area (Å²) in [7, 11) is 0. The minimum absolute atomic E-state index is 0.108. The Kier molecular flexibility index (Phi) is 12.4. The number of rotatable bonds is 9. The Morgan fingerprint density at radius 1 is 0.212 bits per heavy atom. The maximum Gasteiger partial charge on any atom is 0.160 e. The molecule has 5 nitrogen and oxygen atoms in total. The number of aromatic nitrogens is 5. The van der Waals surface area contributed by atoms with Gasteiger partial charge in [0.2, 0.25) is 0 Å². The summed E-state index contributed by atoms with van der Waals surface area (Å²) in [6, 6.07) is 119. The number of hydrogen-bond acceptors (Lipinski definition) is 2. The summed E-state index contributed by atoms with van der Waals surface area (Å²) in [5.74, 6) is 0.671. The van der Waals surface area contributed by atoms with Gasteiger partial charge >= 0.3 is 0 Å². The molecule has 0 bridgehead atoms. The molecule has 20 rings (SSSR count). The van der Waals surface area contributed by atoms with Crippen molar-refractivity contribution in [1.82, 2.24) is 23.7 Å². The van der Waals surface area contributed by atoms with Crippen molar-refractivity contribution in [2.45, 2.75) is 38.5 Å². The standard InChI is InChI=1S/C94H65N5/c1-93(2)80-30-15-11-26-70(80)72-44-42-68(55-82(72)93)98-87-33-18-14-29-75(87)77-52-63(39-47-89(77)98)65-41-49-91-79(54-65)78-53-64(40-48-90(78)99(91)69-43-45-73-71-27-12-16-31-81(71)94(3,4)83(73)56-69)62-38-46-88-76(51-62)74-28-13-17-32-86(74)97(88)67-25-19-24-66(50-67)92-95-84(60-22-9-6-10-23-60)57-85(96-92)61-36-34-59(35-37-61)58-20-7-5-8-21-58/h5-57H,1-4H3. The smallest absolute Gasteiger partial charge is 0.160 e.